The van der Waals surface area contributed by atoms with Crippen molar-refractivity contribution >= 4 is 31.2 Å². The molecular formula is C12H27NO2S2. The highest BCUT2D eigenvalue weighted by molar-refractivity contribution is 7.81. The van der Waals surface area contributed by atoms with Crippen molar-refractivity contribution in [3.8, 4) is 0 Å². The molecule has 0 spiro atoms. The van der Waals surface area contributed by atoms with Gasteiger partial charge in [-0.1, -0.05) is 20.8 Å². The molecule has 3 atom stereocenters. The van der Waals surface area contributed by atoms with E-state index in [9.17, 15) is 4.79 Å². The van der Waals surface area contributed by atoms with Crippen LogP contribution in [0.1, 0.15) is 34.6 Å². The number of thiol groups is 2. The van der Waals surface area contributed by atoms with Gasteiger partial charge in [0.25, 0.3) is 5.91 Å². The molecule has 0 aromatic rings. The lowest BCUT2D eigenvalue weighted by atomic mass is 10.00. The molecule has 0 aliphatic carbocycles. The van der Waals surface area contributed by atoms with Gasteiger partial charge in [0.05, 0.1) is 0 Å². The molecule has 1 aliphatic rings. The molecule has 1 amide bonds. The first-order valence-corrected chi connectivity index (χ1v) is 7.32. The zero-order valence-electron chi connectivity index (χ0n) is 11.8. The highest BCUT2D eigenvalue weighted by atomic mass is 32.1. The fourth-order valence-electron chi connectivity index (χ4n) is 1.57. The maximum absolute atomic E-state index is 11.4. The van der Waals surface area contributed by atoms with Crippen LogP contribution < -0.4 is 0 Å². The molecule has 0 aromatic heterocycles. The average Bonchev–Trinajstić information content (AvgIpc) is 2.58. The molecule has 5 heteroatoms. The van der Waals surface area contributed by atoms with Crippen LogP contribution >= 0.6 is 25.3 Å². The minimum absolute atomic E-state index is 0.120. The molecule has 1 fully saturated rings. The number of carbonyl (C=O) groups excluding carboxylic acids is 1. The zero-order chi connectivity index (χ0) is 14.2. The number of nitrogens with zero attached hydrogens (tertiary/aromatic N) is 1. The number of hydrogen-bond acceptors (Lipinski definition) is 4. The van der Waals surface area contributed by atoms with E-state index in [0.29, 0.717) is 19.0 Å². The molecule has 0 radical (unpaired) electrons. The van der Waals surface area contributed by atoms with Crippen LogP contribution in [0.5, 0.6) is 0 Å². The third-order valence-electron chi connectivity index (χ3n) is 2.74. The molecular weight excluding hydrogens is 254 g/mol. The summed E-state index contributed by atoms with van der Waals surface area (Å²) >= 11 is 8.02. The fraction of sp³-hybridized carbons (Fsp3) is 0.917. The summed E-state index contributed by atoms with van der Waals surface area (Å²) in [5.74, 6) is 0.183. The van der Waals surface area contributed by atoms with E-state index in [0.717, 1.165) is 0 Å². The molecule has 1 N–H and O–H groups in total. The Morgan fingerprint density at radius 3 is 2.12 bits per heavy atom. The largest absolute Gasteiger partial charge is 0.384 e. The van der Waals surface area contributed by atoms with Crippen LogP contribution in [-0.4, -0.2) is 46.1 Å². The lowest BCUT2D eigenvalue weighted by Gasteiger charge is -2.21. The highest BCUT2D eigenvalue weighted by Gasteiger charge is 2.40. The molecule has 1 heterocycles. The topological polar surface area (TPSA) is 40.5 Å². The zero-order valence-corrected chi connectivity index (χ0v) is 13.6. The second-order valence-electron chi connectivity index (χ2n) is 4.15. The molecule has 1 rings (SSSR count). The van der Waals surface area contributed by atoms with Gasteiger partial charge in [-0.05, 0) is 26.0 Å². The van der Waals surface area contributed by atoms with E-state index in [1.807, 2.05) is 20.8 Å². The van der Waals surface area contributed by atoms with E-state index in [4.69, 9.17) is 5.11 Å². The van der Waals surface area contributed by atoms with Gasteiger partial charge in [-0.15, -0.1) is 0 Å². The van der Waals surface area contributed by atoms with Crippen molar-refractivity contribution in [2.24, 2.45) is 5.92 Å². The minimum atomic E-state index is -0.894. The molecule has 0 bridgehead atoms. The second kappa shape index (κ2) is 9.11. The van der Waals surface area contributed by atoms with Gasteiger partial charge in [0.15, 0.2) is 0 Å². The van der Waals surface area contributed by atoms with E-state index in [1.165, 1.54) is 6.92 Å². The quantitative estimate of drug-likeness (QED) is 0.644. The SMILES string of the molecule is CC.CC(O)C(=O)N1CC(C)[C@](C)(S)C1.CS. The summed E-state index contributed by atoms with van der Waals surface area (Å²) in [7, 11) is 0. The number of aliphatic hydroxyl groups excluding tert-OH is 1. The Morgan fingerprint density at radius 2 is 1.88 bits per heavy atom. The van der Waals surface area contributed by atoms with Crippen LogP contribution in [0.25, 0.3) is 0 Å². The fourth-order valence-corrected chi connectivity index (χ4v) is 1.82. The van der Waals surface area contributed by atoms with Crippen molar-refractivity contribution in [1.82, 2.24) is 4.90 Å². The number of rotatable bonds is 1. The summed E-state index contributed by atoms with van der Waals surface area (Å²) in [5.41, 5.74) is 0. The van der Waals surface area contributed by atoms with Gasteiger partial charge >= 0.3 is 0 Å². The van der Waals surface area contributed by atoms with Crippen molar-refractivity contribution in [3.05, 3.63) is 0 Å². The summed E-state index contributed by atoms with van der Waals surface area (Å²) in [6.07, 6.45) is 0.800. The Balaban J connectivity index is 0. The third-order valence-corrected chi connectivity index (χ3v) is 3.32. The highest BCUT2D eigenvalue weighted by Crippen LogP contribution is 2.32. The molecule has 0 saturated carbocycles. The van der Waals surface area contributed by atoms with Gasteiger partial charge in [-0.25, -0.2) is 0 Å². The summed E-state index contributed by atoms with van der Waals surface area (Å²) < 4.78 is -0.120. The Kier molecular flexibility index (Phi) is 10.4. The smallest absolute Gasteiger partial charge is 0.251 e. The van der Waals surface area contributed by atoms with Crippen LogP contribution in [0.15, 0.2) is 0 Å². The van der Waals surface area contributed by atoms with Crippen molar-refractivity contribution in [3.63, 3.8) is 0 Å². The first-order valence-electron chi connectivity index (χ1n) is 5.98. The van der Waals surface area contributed by atoms with Gasteiger partial charge in [0.1, 0.15) is 6.10 Å². The predicted octanol–water partition coefficient (Wildman–Crippen LogP) is 2.11. The number of likely N-dealkylation sites (tertiary alicyclic amines) is 1. The lowest BCUT2D eigenvalue weighted by Crippen LogP contribution is -2.37. The minimum Gasteiger partial charge on any atom is -0.384 e. The van der Waals surface area contributed by atoms with Crippen molar-refractivity contribution in [2.75, 3.05) is 19.3 Å². The molecule has 2 unspecified atom stereocenters. The predicted molar refractivity (Wildman–Crippen MR) is 81.1 cm³/mol. The van der Waals surface area contributed by atoms with Crippen molar-refractivity contribution in [2.45, 2.75) is 45.5 Å². The monoisotopic (exact) mass is 281 g/mol. The normalized spacial score (nSPS) is 28.5. The standard InChI is InChI=1S/C9H17NO2S.C2H6.CH4S/c1-6-4-10(5-9(6,3)13)8(12)7(2)11;2*1-2/h6-7,11,13H,4-5H2,1-3H3;1-2H3;2H,1H3/t6?,7?,9-;;/m1../s1. The van der Waals surface area contributed by atoms with E-state index < -0.39 is 6.10 Å². The van der Waals surface area contributed by atoms with Gasteiger partial charge < -0.3 is 10.0 Å². The van der Waals surface area contributed by atoms with Gasteiger partial charge in [0, 0.05) is 17.8 Å². The number of hydrogen-bond donors (Lipinski definition) is 3. The van der Waals surface area contributed by atoms with Gasteiger partial charge in [-0.2, -0.15) is 25.3 Å². The third kappa shape index (κ3) is 6.02. The Hall–Kier alpha value is 0.130. The average molecular weight is 281 g/mol. The molecule has 1 aliphatic heterocycles. The second-order valence-corrected chi connectivity index (χ2v) is 5.17. The molecule has 3 nitrogen and oxygen atoms in total. The first kappa shape index (κ1) is 19.5. The Labute approximate surface area is 117 Å². The number of amides is 1. The van der Waals surface area contributed by atoms with Crippen molar-refractivity contribution in [1.29, 1.82) is 0 Å². The maximum Gasteiger partial charge on any atom is 0.251 e. The lowest BCUT2D eigenvalue weighted by molar-refractivity contribution is -0.138. The van der Waals surface area contributed by atoms with Crippen LogP contribution in [0, 0.1) is 5.92 Å². The van der Waals surface area contributed by atoms with E-state index in [-0.39, 0.29) is 10.7 Å². The molecule has 0 aromatic carbocycles. The summed E-state index contributed by atoms with van der Waals surface area (Å²) in [5, 5.41) is 9.12. The number of carbonyl (C=O) groups is 1. The van der Waals surface area contributed by atoms with Gasteiger partial charge in [-0.3, -0.25) is 4.79 Å². The van der Waals surface area contributed by atoms with Gasteiger partial charge in [0.2, 0.25) is 0 Å². The Morgan fingerprint density at radius 1 is 1.47 bits per heavy atom. The molecule has 17 heavy (non-hydrogen) atoms. The van der Waals surface area contributed by atoms with Crippen LogP contribution in [0.2, 0.25) is 0 Å². The van der Waals surface area contributed by atoms with E-state index >= 15 is 0 Å². The van der Waals surface area contributed by atoms with Crippen LogP contribution in [0.4, 0.5) is 0 Å². The van der Waals surface area contributed by atoms with Crippen LogP contribution in [0.3, 0.4) is 0 Å². The summed E-state index contributed by atoms with van der Waals surface area (Å²) in [6, 6.07) is 0. The van der Waals surface area contributed by atoms with E-state index in [2.05, 4.69) is 32.2 Å². The molecule has 104 valence electrons. The van der Waals surface area contributed by atoms with Crippen LogP contribution in [-0.2, 0) is 4.79 Å². The molecule has 1 saturated heterocycles. The first-order chi connectivity index (χ1) is 7.84. The Bertz CT molecular complexity index is 221. The number of aliphatic hydroxyl groups is 1. The summed E-state index contributed by atoms with van der Waals surface area (Å²) in [4.78, 5) is 13.1. The van der Waals surface area contributed by atoms with Crippen molar-refractivity contribution < 1.29 is 9.90 Å². The maximum atomic E-state index is 11.4. The summed E-state index contributed by atoms with van der Waals surface area (Å²) in [6.45, 7) is 10.9. The van der Waals surface area contributed by atoms with E-state index in [1.54, 1.807) is 11.2 Å².